The SMILES string of the molecule is CC1(C)CCN(C(=O)c2cccn2CC(=O)O)CCS1. The van der Waals surface area contributed by atoms with E-state index in [1.807, 2.05) is 16.7 Å². The Morgan fingerprint density at radius 2 is 2.15 bits per heavy atom. The Hall–Kier alpha value is -1.43. The maximum atomic E-state index is 12.5. The highest BCUT2D eigenvalue weighted by Crippen LogP contribution is 2.31. The Bertz CT molecular complexity index is 510. The smallest absolute Gasteiger partial charge is 0.323 e. The van der Waals surface area contributed by atoms with Crippen LogP contribution in [0.2, 0.25) is 0 Å². The molecule has 0 aliphatic carbocycles. The molecule has 2 rings (SSSR count). The highest BCUT2D eigenvalue weighted by molar-refractivity contribution is 8.00. The number of carboxylic acids is 1. The van der Waals surface area contributed by atoms with Crippen LogP contribution in [-0.4, -0.2) is 50.0 Å². The molecule has 2 heterocycles. The lowest BCUT2D eigenvalue weighted by Gasteiger charge is -2.23. The van der Waals surface area contributed by atoms with Crippen molar-refractivity contribution < 1.29 is 14.7 Å². The fourth-order valence-electron chi connectivity index (χ4n) is 2.28. The molecule has 1 aromatic rings. The molecule has 0 aromatic carbocycles. The van der Waals surface area contributed by atoms with Crippen molar-refractivity contribution in [2.24, 2.45) is 0 Å². The molecular formula is C14H20N2O3S. The summed E-state index contributed by atoms with van der Waals surface area (Å²) >= 11 is 1.88. The van der Waals surface area contributed by atoms with Gasteiger partial charge in [-0.2, -0.15) is 11.8 Å². The van der Waals surface area contributed by atoms with E-state index in [1.165, 1.54) is 4.57 Å². The molecule has 20 heavy (non-hydrogen) atoms. The molecule has 0 bridgehead atoms. The van der Waals surface area contributed by atoms with Crippen molar-refractivity contribution in [3.8, 4) is 0 Å². The molecular weight excluding hydrogens is 276 g/mol. The van der Waals surface area contributed by atoms with Gasteiger partial charge in [0.2, 0.25) is 0 Å². The standard InChI is InChI=1S/C14H20N2O3S/c1-14(2)5-7-15(8-9-20-14)13(19)11-4-3-6-16(11)10-12(17)18/h3-4,6H,5,7-10H2,1-2H3,(H,17,18). The number of rotatable bonds is 3. The van der Waals surface area contributed by atoms with E-state index in [2.05, 4.69) is 13.8 Å². The van der Waals surface area contributed by atoms with Crippen LogP contribution in [0.25, 0.3) is 0 Å². The lowest BCUT2D eigenvalue weighted by molar-refractivity contribution is -0.137. The fraction of sp³-hybridized carbons (Fsp3) is 0.571. The Morgan fingerprint density at radius 1 is 1.40 bits per heavy atom. The van der Waals surface area contributed by atoms with Gasteiger partial charge in [0, 0.05) is 29.8 Å². The lowest BCUT2D eigenvalue weighted by Crippen LogP contribution is -2.35. The fourth-order valence-corrected chi connectivity index (χ4v) is 3.38. The van der Waals surface area contributed by atoms with Gasteiger partial charge >= 0.3 is 5.97 Å². The molecule has 0 spiro atoms. The van der Waals surface area contributed by atoms with Gasteiger partial charge in [0.05, 0.1) is 0 Å². The van der Waals surface area contributed by atoms with Crippen molar-refractivity contribution in [2.45, 2.75) is 31.6 Å². The largest absolute Gasteiger partial charge is 0.480 e. The second kappa shape index (κ2) is 5.91. The van der Waals surface area contributed by atoms with Crippen LogP contribution in [0.3, 0.4) is 0 Å². The zero-order chi connectivity index (χ0) is 14.8. The van der Waals surface area contributed by atoms with E-state index in [0.29, 0.717) is 12.2 Å². The molecule has 0 saturated carbocycles. The molecule has 0 radical (unpaired) electrons. The monoisotopic (exact) mass is 296 g/mol. The van der Waals surface area contributed by atoms with Crippen LogP contribution in [-0.2, 0) is 11.3 Å². The van der Waals surface area contributed by atoms with Crippen LogP contribution in [0.5, 0.6) is 0 Å². The Kier molecular flexibility index (Phi) is 4.42. The van der Waals surface area contributed by atoms with Crippen molar-refractivity contribution in [1.82, 2.24) is 9.47 Å². The number of thioether (sulfide) groups is 1. The van der Waals surface area contributed by atoms with E-state index in [4.69, 9.17) is 5.11 Å². The predicted octanol–water partition coefficient (Wildman–Crippen LogP) is 1.93. The summed E-state index contributed by atoms with van der Waals surface area (Å²) in [7, 11) is 0. The van der Waals surface area contributed by atoms with Crippen LogP contribution in [0.1, 0.15) is 30.8 Å². The molecule has 5 nitrogen and oxygen atoms in total. The van der Waals surface area contributed by atoms with Crippen LogP contribution >= 0.6 is 11.8 Å². The minimum Gasteiger partial charge on any atom is -0.480 e. The summed E-state index contributed by atoms with van der Waals surface area (Å²) in [5.41, 5.74) is 0.456. The molecule has 1 saturated heterocycles. The van der Waals surface area contributed by atoms with E-state index in [-0.39, 0.29) is 17.2 Å². The molecule has 1 fully saturated rings. The number of carboxylic acid groups (broad SMARTS) is 1. The summed E-state index contributed by atoms with van der Waals surface area (Å²) in [6.07, 6.45) is 2.58. The van der Waals surface area contributed by atoms with Gasteiger partial charge in [-0.25, -0.2) is 0 Å². The van der Waals surface area contributed by atoms with Gasteiger partial charge < -0.3 is 14.6 Å². The first-order valence-corrected chi connectivity index (χ1v) is 7.68. The van der Waals surface area contributed by atoms with E-state index in [0.717, 1.165) is 18.7 Å². The molecule has 1 aliphatic rings. The highest BCUT2D eigenvalue weighted by Gasteiger charge is 2.27. The van der Waals surface area contributed by atoms with Crippen molar-refractivity contribution in [3.63, 3.8) is 0 Å². The second-order valence-corrected chi connectivity index (χ2v) is 7.37. The van der Waals surface area contributed by atoms with E-state index >= 15 is 0 Å². The van der Waals surface area contributed by atoms with E-state index in [9.17, 15) is 9.59 Å². The number of carbonyl (C=O) groups is 2. The quantitative estimate of drug-likeness (QED) is 0.926. The first-order chi connectivity index (χ1) is 9.39. The van der Waals surface area contributed by atoms with E-state index in [1.54, 1.807) is 18.3 Å². The van der Waals surface area contributed by atoms with Crippen LogP contribution in [0, 0.1) is 0 Å². The van der Waals surface area contributed by atoms with E-state index < -0.39 is 5.97 Å². The van der Waals surface area contributed by atoms with Crippen LogP contribution < -0.4 is 0 Å². The number of aromatic nitrogens is 1. The third-order valence-electron chi connectivity index (χ3n) is 3.48. The predicted molar refractivity (Wildman–Crippen MR) is 79.1 cm³/mol. The van der Waals surface area contributed by atoms with Crippen molar-refractivity contribution in [2.75, 3.05) is 18.8 Å². The number of amides is 1. The summed E-state index contributed by atoms with van der Waals surface area (Å²) in [6, 6.07) is 3.40. The van der Waals surface area contributed by atoms with Crippen molar-refractivity contribution in [1.29, 1.82) is 0 Å². The molecule has 1 aromatic heterocycles. The minimum absolute atomic E-state index is 0.0745. The second-order valence-electron chi connectivity index (χ2n) is 5.57. The first kappa shape index (κ1) is 15.0. The van der Waals surface area contributed by atoms with Crippen LogP contribution in [0.15, 0.2) is 18.3 Å². The number of aliphatic carboxylic acids is 1. The average Bonchev–Trinajstić information content (AvgIpc) is 2.71. The zero-order valence-electron chi connectivity index (χ0n) is 11.8. The third kappa shape index (κ3) is 3.56. The van der Waals surface area contributed by atoms with Crippen molar-refractivity contribution >= 4 is 23.6 Å². The summed E-state index contributed by atoms with van der Waals surface area (Å²) in [5, 5.41) is 8.87. The maximum Gasteiger partial charge on any atom is 0.323 e. The molecule has 1 amide bonds. The zero-order valence-corrected chi connectivity index (χ0v) is 12.7. The normalized spacial score (nSPS) is 18.6. The summed E-state index contributed by atoms with van der Waals surface area (Å²) in [6.45, 7) is 5.64. The van der Waals surface area contributed by atoms with Gasteiger partial charge in [-0.05, 0) is 18.6 Å². The molecule has 1 aliphatic heterocycles. The maximum absolute atomic E-state index is 12.5. The van der Waals surface area contributed by atoms with Gasteiger partial charge in [0.15, 0.2) is 0 Å². The Labute approximate surface area is 122 Å². The first-order valence-electron chi connectivity index (χ1n) is 6.69. The minimum atomic E-state index is -0.942. The highest BCUT2D eigenvalue weighted by atomic mass is 32.2. The summed E-state index contributed by atoms with van der Waals surface area (Å²) in [5.74, 6) is -0.101. The summed E-state index contributed by atoms with van der Waals surface area (Å²) < 4.78 is 1.69. The number of carbonyl (C=O) groups excluding carboxylic acids is 1. The lowest BCUT2D eigenvalue weighted by atomic mass is 10.1. The number of hydrogen-bond acceptors (Lipinski definition) is 3. The molecule has 6 heteroatoms. The number of nitrogens with zero attached hydrogens (tertiary/aromatic N) is 2. The Balaban J connectivity index is 2.11. The van der Waals surface area contributed by atoms with Crippen LogP contribution in [0.4, 0.5) is 0 Å². The molecule has 0 atom stereocenters. The average molecular weight is 296 g/mol. The molecule has 0 unspecified atom stereocenters. The van der Waals surface area contributed by atoms with Crippen molar-refractivity contribution in [3.05, 3.63) is 24.0 Å². The summed E-state index contributed by atoms with van der Waals surface area (Å²) in [4.78, 5) is 25.2. The molecule has 110 valence electrons. The van der Waals surface area contributed by atoms with Gasteiger partial charge in [-0.15, -0.1) is 0 Å². The molecule has 1 N–H and O–H groups in total. The third-order valence-corrected chi connectivity index (χ3v) is 4.85. The number of hydrogen-bond donors (Lipinski definition) is 1. The van der Waals surface area contributed by atoms with Gasteiger partial charge in [-0.1, -0.05) is 13.8 Å². The van der Waals surface area contributed by atoms with Gasteiger partial charge in [-0.3, -0.25) is 9.59 Å². The Morgan fingerprint density at radius 3 is 2.85 bits per heavy atom. The topological polar surface area (TPSA) is 62.5 Å². The van der Waals surface area contributed by atoms with Gasteiger partial charge in [0.1, 0.15) is 12.2 Å². The van der Waals surface area contributed by atoms with Gasteiger partial charge in [0.25, 0.3) is 5.91 Å².